The van der Waals surface area contributed by atoms with E-state index in [-0.39, 0.29) is 0 Å². The van der Waals surface area contributed by atoms with E-state index >= 15 is 0 Å². The summed E-state index contributed by atoms with van der Waals surface area (Å²) in [6.45, 7) is 4.44. The van der Waals surface area contributed by atoms with Gasteiger partial charge in [-0.05, 0) is 0 Å². The van der Waals surface area contributed by atoms with Crippen molar-refractivity contribution in [3.05, 3.63) is 0 Å². The van der Waals surface area contributed by atoms with E-state index in [0.717, 1.165) is 0 Å². The summed E-state index contributed by atoms with van der Waals surface area (Å²) in [6.07, 6.45) is 0.553. The quantitative estimate of drug-likeness (QED) is 0.618. The van der Waals surface area contributed by atoms with Crippen LogP contribution in [0, 0.1) is 0 Å². The Morgan fingerprint density at radius 1 is 1.56 bits per heavy atom. The Morgan fingerprint density at radius 3 is 2.22 bits per heavy atom. The van der Waals surface area contributed by atoms with Crippen LogP contribution in [-0.4, -0.2) is 19.8 Å². The lowest BCUT2D eigenvalue weighted by atomic mass is 10.8. The molecule has 0 aliphatic carbocycles. The second-order valence-electron chi connectivity index (χ2n) is 1.68. The molecule has 56 valence electrons. The highest BCUT2D eigenvalue weighted by Gasteiger charge is 2.15. The van der Waals surface area contributed by atoms with Crippen LogP contribution in [0.2, 0.25) is 0 Å². The third kappa shape index (κ3) is 2.99. The number of hydrogen-bond donors (Lipinski definition) is 1. The molecule has 0 saturated carbocycles. The van der Waals surface area contributed by atoms with E-state index in [2.05, 4.69) is 5.09 Å². The normalized spacial score (nSPS) is 17.2. The molecule has 0 radical (unpaired) electrons. The zero-order valence-corrected chi connectivity index (χ0v) is 7.07. The van der Waals surface area contributed by atoms with E-state index in [1.54, 1.807) is 0 Å². The number of hydrogen-bond acceptors (Lipinski definition) is 2. The topological polar surface area (TPSA) is 38.3 Å². The van der Waals surface area contributed by atoms with Crippen molar-refractivity contribution in [1.29, 1.82) is 0 Å². The maximum atomic E-state index is 11.2. The Hall–Kier alpha value is 0.150. The van der Waals surface area contributed by atoms with Crippen molar-refractivity contribution in [3.63, 3.8) is 0 Å². The van der Waals surface area contributed by atoms with Crippen molar-refractivity contribution in [3.8, 4) is 0 Å². The fraction of sp³-hybridized carbons (Fsp3) is 1.00. The molecule has 0 aliphatic rings. The Kier molecular flexibility index (Phi) is 4.11. The third-order valence-corrected chi connectivity index (χ3v) is 3.33. The summed E-state index contributed by atoms with van der Waals surface area (Å²) in [5, 5.41) is 2.79. The van der Waals surface area contributed by atoms with Crippen molar-refractivity contribution in [2.45, 2.75) is 13.8 Å². The molecule has 3 nitrogen and oxygen atoms in total. The fourth-order valence-electron chi connectivity index (χ4n) is 0.546. The Morgan fingerprint density at radius 2 is 2.11 bits per heavy atom. The molecular weight excluding hydrogens is 137 g/mol. The van der Waals surface area contributed by atoms with Gasteiger partial charge in [0.1, 0.15) is 0 Å². The van der Waals surface area contributed by atoms with E-state index in [9.17, 15) is 4.57 Å². The molecule has 0 fully saturated rings. The first-order valence-corrected chi connectivity index (χ1v) is 4.89. The van der Waals surface area contributed by atoms with Crippen molar-refractivity contribution in [2.24, 2.45) is 0 Å². The van der Waals surface area contributed by atoms with Crippen LogP contribution in [0.4, 0.5) is 0 Å². The lowest BCUT2D eigenvalue weighted by Crippen LogP contribution is -2.11. The largest absolute Gasteiger partial charge is 0.321 e. The van der Waals surface area contributed by atoms with Crippen molar-refractivity contribution in [1.82, 2.24) is 5.09 Å². The smallest absolute Gasteiger partial charge is 0.269 e. The highest BCUT2D eigenvalue weighted by molar-refractivity contribution is 7.56. The minimum atomic E-state index is -2.43. The van der Waals surface area contributed by atoms with E-state index in [1.807, 2.05) is 13.8 Å². The summed E-state index contributed by atoms with van der Waals surface area (Å²) in [5.74, 6) is 0. The number of nitrogens with one attached hydrogen (secondary N) is 1. The summed E-state index contributed by atoms with van der Waals surface area (Å²) in [7, 11) is -0.966. The summed E-state index contributed by atoms with van der Waals surface area (Å²) in [4.78, 5) is 0. The average molecular weight is 151 g/mol. The lowest BCUT2D eigenvalue weighted by molar-refractivity contribution is 0.384. The second kappa shape index (κ2) is 4.04. The van der Waals surface area contributed by atoms with Crippen LogP contribution in [0.1, 0.15) is 13.8 Å². The molecule has 4 heteroatoms. The van der Waals surface area contributed by atoms with Gasteiger partial charge in [-0.15, -0.1) is 0 Å². The molecule has 0 bridgehead atoms. The van der Waals surface area contributed by atoms with E-state index < -0.39 is 7.52 Å². The van der Waals surface area contributed by atoms with Gasteiger partial charge < -0.3 is 4.52 Å². The van der Waals surface area contributed by atoms with Gasteiger partial charge >= 0.3 is 0 Å². The molecule has 0 rings (SSSR count). The van der Waals surface area contributed by atoms with Crippen LogP contribution >= 0.6 is 7.52 Å². The van der Waals surface area contributed by atoms with E-state index in [4.69, 9.17) is 4.52 Å². The molecule has 0 saturated heterocycles. The second-order valence-corrected chi connectivity index (χ2v) is 4.34. The van der Waals surface area contributed by atoms with Gasteiger partial charge in [-0.2, -0.15) is 0 Å². The highest BCUT2D eigenvalue weighted by atomic mass is 31.2. The molecule has 1 unspecified atom stereocenters. The first kappa shape index (κ1) is 9.15. The van der Waals surface area contributed by atoms with E-state index in [1.165, 1.54) is 7.11 Å². The monoisotopic (exact) mass is 151 g/mol. The van der Waals surface area contributed by atoms with Crippen molar-refractivity contribution < 1.29 is 9.09 Å². The van der Waals surface area contributed by atoms with Gasteiger partial charge in [0, 0.05) is 19.8 Å². The van der Waals surface area contributed by atoms with Crippen LogP contribution in [0.15, 0.2) is 0 Å². The Balaban J connectivity index is 3.78. The standard InChI is InChI=1S/C5H14NO2P/c1-4-6-9(7,5-2)8-3/h4-5H2,1-3H3,(H,6,7). The molecule has 0 aromatic rings. The summed E-state index contributed by atoms with van der Waals surface area (Å²) < 4.78 is 16.0. The SMILES string of the molecule is CCNP(=O)(CC)OC. The minimum absolute atomic E-state index is 0.553. The molecule has 1 N–H and O–H groups in total. The molecule has 0 amide bonds. The predicted octanol–water partition coefficient (Wildman–Crippen LogP) is 1.46. The fourth-order valence-corrected chi connectivity index (χ4v) is 1.64. The van der Waals surface area contributed by atoms with Crippen molar-refractivity contribution in [2.75, 3.05) is 19.8 Å². The zero-order valence-electron chi connectivity index (χ0n) is 6.18. The molecule has 0 aromatic heterocycles. The molecular formula is C5H14NO2P. The van der Waals surface area contributed by atoms with Gasteiger partial charge in [0.2, 0.25) is 0 Å². The molecule has 1 atom stereocenters. The summed E-state index contributed by atoms with van der Waals surface area (Å²) in [6, 6.07) is 0. The van der Waals surface area contributed by atoms with Gasteiger partial charge in [0.05, 0.1) is 0 Å². The molecule has 0 heterocycles. The lowest BCUT2D eigenvalue weighted by Gasteiger charge is -2.12. The minimum Gasteiger partial charge on any atom is -0.321 e. The molecule has 0 spiro atoms. The Labute approximate surface area is 56.3 Å². The van der Waals surface area contributed by atoms with Gasteiger partial charge in [0.15, 0.2) is 0 Å². The first-order valence-electron chi connectivity index (χ1n) is 3.08. The summed E-state index contributed by atoms with van der Waals surface area (Å²) >= 11 is 0. The van der Waals surface area contributed by atoms with Gasteiger partial charge in [0.25, 0.3) is 7.52 Å². The van der Waals surface area contributed by atoms with Crippen LogP contribution in [0.3, 0.4) is 0 Å². The first-order chi connectivity index (χ1) is 4.18. The van der Waals surface area contributed by atoms with Crippen LogP contribution in [0.25, 0.3) is 0 Å². The predicted molar refractivity (Wildman–Crippen MR) is 38.8 cm³/mol. The highest BCUT2D eigenvalue weighted by Crippen LogP contribution is 2.39. The maximum absolute atomic E-state index is 11.2. The van der Waals surface area contributed by atoms with Gasteiger partial charge in [-0.3, -0.25) is 4.57 Å². The average Bonchev–Trinajstić information content (AvgIpc) is 1.89. The molecule has 9 heavy (non-hydrogen) atoms. The van der Waals surface area contributed by atoms with Crippen LogP contribution < -0.4 is 5.09 Å². The van der Waals surface area contributed by atoms with Gasteiger partial charge in [-0.1, -0.05) is 13.8 Å². The van der Waals surface area contributed by atoms with Crippen molar-refractivity contribution >= 4 is 7.52 Å². The van der Waals surface area contributed by atoms with E-state index in [0.29, 0.717) is 12.7 Å². The molecule has 0 aromatic carbocycles. The zero-order chi connectivity index (χ0) is 7.33. The third-order valence-electron chi connectivity index (χ3n) is 1.11. The Bertz CT molecular complexity index is 108. The van der Waals surface area contributed by atoms with Crippen LogP contribution in [0.5, 0.6) is 0 Å². The summed E-state index contributed by atoms with van der Waals surface area (Å²) in [5.41, 5.74) is 0. The number of rotatable bonds is 4. The van der Waals surface area contributed by atoms with Crippen LogP contribution in [-0.2, 0) is 9.09 Å². The maximum Gasteiger partial charge on any atom is 0.269 e. The van der Waals surface area contributed by atoms with Gasteiger partial charge in [-0.25, -0.2) is 5.09 Å². The molecule has 0 aliphatic heterocycles.